The molecule has 2 aromatic rings. The molecule has 3 aliphatic rings. The molecule has 0 fully saturated rings. The van der Waals surface area contributed by atoms with Crippen LogP contribution < -0.4 is 10.6 Å². The van der Waals surface area contributed by atoms with Crippen molar-refractivity contribution < 1.29 is 9.59 Å². The molecule has 0 heterocycles. The zero-order chi connectivity index (χ0) is 20.8. The minimum atomic E-state index is -0.540. The monoisotopic (exact) mass is 390 g/mol. The van der Waals surface area contributed by atoms with Crippen molar-refractivity contribution in [1.29, 1.82) is 0 Å². The molecule has 2 bridgehead atoms. The number of carbonyl (C=O) groups excluding carboxylic acids is 2. The maximum Gasteiger partial charge on any atom is 0.242 e. The number of benzene rings is 2. The lowest BCUT2D eigenvalue weighted by Gasteiger charge is -2.45. The number of amides is 2. The summed E-state index contributed by atoms with van der Waals surface area (Å²) in [6, 6.07) is 16.9. The second kappa shape index (κ2) is 7.33. The number of hydrogen-bond donors (Lipinski definition) is 2. The Morgan fingerprint density at radius 2 is 1.48 bits per heavy atom. The summed E-state index contributed by atoms with van der Waals surface area (Å²) < 4.78 is 0. The lowest BCUT2D eigenvalue weighted by atomic mass is 9.59. The summed E-state index contributed by atoms with van der Waals surface area (Å²) in [6.45, 7) is 7.91. The Kier molecular flexibility index (Phi) is 4.97. The van der Waals surface area contributed by atoms with Crippen LogP contribution in [0.3, 0.4) is 0 Å². The molecule has 0 spiro atoms. The van der Waals surface area contributed by atoms with Crippen molar-refractivity contribution in [2.45, 2.75) is 52.0 Å². The van der Waals surface area contributed by atoms with Crippen molar-refractivity contribution in [3.63, 3.8) is 0 Å². The Labute approximate surface area is 173 Å². The molecular weight excluding hydrogens is 360 g/mol. The van der Waals surface area contributed by atoms with Gasteiger partial charge in [0.1, 0.15) is 6.04 Å². The van der Waals surface area contributed by atoms with Crippen LogP contribution in [0.25, 0.3) is 0 Å². The third-order valence-corrected chi connectivity index (χ3v) is 6.38. The zero-order valence-corrected chi connectivity index (χ0v) is 17.7. The fraction of sp³-hybridized carbons (Fsp3) is 0.440. The van der Waals surface area contributed by atoms with Gasteiger partial charge in [-0.3, -0.25) is 9.59 Å². The number of rotatable bonds is 4. The molecule has 0 radical (unpaired) electrons. The van der Waals surface area contributed by atoms with Crippen LogP contribution in [-0.2, 0) is 9.59 Å². The van der Waals surface area contributed by atoms with E-state index in [9.17, 15) is 9.59 Å². The molecule has 4 nitrogen and oxygen atoms in total. The summed E-state index contributed by atoms with van der Waals surface area (Å²) in [6.07, 6.45) is 1.04. The van der Waals surface area contributed by atoms with Gasteiger partial charge in [0.25, 0.3) is 0 Å². The first-order valence-electron chi connectivity index (χ1n) is 10.5. The maximum atomic E-state index is 12.6. The third kappa shape index (κ3) is 3.57. The van der Waals surface area contributed by atoms with Crippen molar-refractivity contribution in [2.24, 2.45) is 11.3 Å². The molecule has 29 heavy (non-hydrogen) atoms. The molecule has 2 amide bonds. The summed E-state index contributed by atoms with van der Waals surface area (Å²) in [5.74, 6) is 0.837. The van der Waals surface area contributed by atoms with E-state index >= 15 is 0 Å². The smallest absolute Gasteiger partial charge is 0.242 e. The summed E-state index contributed by atoms with van der Waals surface area (Å²) in [5, 5.41) is 5.92. The standard InChI is InChI=1S/C25H30N2O2/c1-15(27-24(29)25(2,3)4)23(28)26-14-16-13-21-17-9-5-7-11-19(17)22(16)20-12-8-6-10-18(20)21/h5-12,15-16,21-22H,13-14H2,1-4H3,(H,26,28)(H,27,29). The predicted molar refractivity (Wildman–Crippen MR) is 115 cm³/mol. The number of fused-ring (bicyclic) bond motifs is 1. The van der Waals surface area contributed by atoms with Gasteiger partial charge < -0.3 is 10.6 Å². The van der Waals surface area contributed by atoms with Gasteiger partial charge in [-0.15, -0.1) is 0 Å². The van der Waals surface area contributed by atoms with Crippen molar-refractivity contribution in [2.75, 3.05) is 6.54 Å². The van der Waals surface area contributed by atoms with E-state index in [1.165, 1.54) is 22.3 Å². The second-order valence-electron chi connectivity index (χ2n) is 9.47. The van der Waals surface area contributed by atoms with Crippen molar-refractivity contribution >= 4 is 11.8 Å². The van der Waals surface area contributed by atoms with Gasteiger partial charge in [-0.1, -0.05) is 69.3 Å². The van der Waals surface area contributed by atoms with Gasteiger partial charge in [0.05, 0.1) is 0 Å². The van der Waals surface area contributed by atoms with E-state index in [4.69, 9.17) is 0 Å². The van der Waals surface area contributed by atoms with E-state index in [0.29, 0.717) is 24.3 Å². The van der Waals surface area contributed by atoms with Gasteiger partial charge in [-0.2, -0.15) is 0 Å². The van der Waals surface area contributed by atoms with Crippen LogP contribution in [0.1, 0.15) is 68.2 Å². The van der Waals surface area contributed by atoms with Gasteiger partial charge in [0, 0.05) is 23.8 Å². The molecule has 0 saturated heterocycles. The van der Waals surface area contributed by atoms with E-state index in [1.54, 1.807) is 6.92 Å². The molecule has 5 rings (SSSR count). The maximum absolute atomic E-state index is 12.6. The Morgan fingerprint density at radius 3 is 2.00 bits per heavy atom. The van der Waals surface area contributed by atoms with Crippen molar-refractivity contribution in [1.82, 2.24) is 10.6 Å². The van der Waals surface area contributed by atoms with Crippen molar-refractivity contribution in [3.8, 4) is 0 Å². The summed E-state index contributed by atoms with van der Waals surface area (Å²) >= 11 is 0. The fourth-order valence-corrected chi connectivity index (χ4v) is 4.82. The Morgan fingerprint density at radius 1 is 0.966 bits per heavy atom. The molecular formula is C25H30N2O2. The quantitative estimate of drug-likeness (QED) is 0.830. The highest BCUT2D eigenvalue weighted by molar-refractivity contribution is 5.89. The summed E-state index contributed by atoms with van der Waals surface area (Å²) in [4.78, 5) is 24.8. The first-order chi connectivity index (χ1) is 13.8. The summed E-state index contributed by atoms with van der Waals surface area (Å²) in [5.41, 5.74) is 5.16. The normalized spacial score (nSPS) is 23.0. The second-order valence-corrected chi connectivity index (χ2v) is 9.47. The molecule has 2 aromatic carbocycles. The Hall–Kier alpha value is -2.62. The van der Waals surface area contributed by atoms with Crippen LogP contribution >= 0.6 is 0 Å². The van der Waals surface area contributed by atoms with E-state index in [1.807, 2.05) is 20.8 Å². The molecule has 3 aliphatic carbocycles. The summed E-state index contributed by atoms with van der Waals surface area (Å²) in [7, 11) is 0. The Balaban J connectivity index is 1.49. The average Bonchev–Trinajstić information content (AvgIpc) is 2.71. The highest BCUT2D eigenvalue weighted by Crippen LogP contribution is 2.55. The minimum Gasteiger partial charge on any atom is -0.354 e. The molecule has 2 N–H and O–H groups in total. The van der Waals surface area contributed by atoms with Crippen LogP contribution in [0.2, 0.25) is 0 Å². The molecule has 0 aromatic heterocycles. The third-order valence-electron chi connectivity index (χ3n) is 6.38. The molecule has 2 unspecified atom stereocenters. The molecule has 0 saturated carbocycles. The largest absolute Gasteiger partial charge is 0.354 e. The Bertz CT molecular complexity index is 896. The average molecular weight is 391 g/mol. The topological polar surface area (TPSA) is 58.2 Å². The SMILES string of the molecule is CC(NC(=O)C(C)(C)C)C(=O)NCC1CC2c3ccccc3C1c1ccccc12. The van der Waals surface area contributed by atoms with Crippen LogP contribution in [0.15, 0.2) is 48.5 Å². The van der Waals surface area contributed by atoms with Crippen LogP contribution in [0.4, 0.5) is 0 Å². The van der Waals surface area contributed by atoms with Crippen LogP contribution in [-0.4, -0.2) is 24.4 Å². The lowest BCUT2D eigenvalue weighted by Crippen LogP contribution is -2.49. The molecule has 0 aliphatic heterocycles. The van der Waals surface area contributed by atoms with Crippen LogP contribution in [0.5, 0.6) is 0 Å². The highest BCUT2D eigenvalue weighted by atomic mass is 16.2. The fourth-order valence-electron chi connectivity index (χ4n) is 4.82. The first-order valence-corrected chi connectivity index (χ1v) is 10.5. The van der Waals surface area contributed by atoms with E-state index in [-0.39, 0.29) is 11.8 Å². The zero-order valence-electron chi connectivity index (χ0n) is 17.7. The predicted octanol–water partition coefficient (Wildman–Crippen LogP) is 3.95. The molecule has 2 atom stereocenters. The first kappa shape index (κ1) is 19.7. The van der Waals surface area contributed by atoms with E-state index in [2.05, 4.69) is 59.2 Å². The van der Waals surface area contributed by atoms with E-state index in [0.717, 1.165) is 6.42 Å². The van der Waals surface area contributed by atoms with Gasteiger partial charge in [0.15, 0.2) is 0 Å². The minimum absolute atomic E-state index is 0.111. The van der Waals surface area contributed by atoms with Crippen LogP contribution in [0, 0.1) is 11.3 Å². The highest BCUT2D eigenvalue weighted by Gasteiger charge is 2.43. The lowest BCUT2D eigenvalue weighted by molar-refractivity contribution is -0.133. The number of hydrogen-bond acceptors (Lipinski definition) is 2. The van der Waals surface area contributed by atoms with Gasteiger partial charge in [-0.05, 0) is 41.5 Å². The number of carbonyl (C=O) groups is 2. The van der Waals surface area contributed by atoms with Gasteiger partial charge in [-0.25, -0.2) is 0 Å². The van der Waals surface area contributed by atoms with Gasteiger partial charge in [0.2, 0.25) is 11.8 Å². The van der Waals surface area contributed by atoms with Gasteiger partial charge >= 0.3 is 0 Å². The number of nitrogens with one attached hydrogen (secondary N) is 2. The van der Waals surface area contributed by atoms with E-state index < -0.39 is 11.5 Å². The van der Waals surface area contributed by atoms with Crippen molar-refractivity contribution in [3.05, 3.63) is 70.8 Å². The molecule has 4 heteroatoms. The molecule has 152 valence electrons.